The van der Waals surface area contributed by atoms with Crippen molar-refractivity contribution in [2.45, 2.75) is 130 Å². The van der Waals surface area contributed by atoms with Crippen LogP contribution in [0.5, 0.6) is 0 Å². The molecule has 0 aliphatic carbocycles. The molecule has 1 aromatic heterocycles. The van der Waals surface area contributed by atoms with E-state index >= 15 is 0 Å². The molecular formula is C35H64N6. The molecule has 1 N–H and O–H groups in total. The van der Waals surface area contributed by atoms with Crippen LogP contribution in [-0.4, -0.2) is 101 Å². The minimum absolute atomic E-state index is 0.0904. The first-order valence-corrected chi connectivity index (χ1v) is 16.7. The van der Waals surface area contributed by atoms with E-state index in [2.05, 4.69) is 113 Å². The average Bonchev–Trinajstić information content (AvgIpc) is 3.30. The molecule has 4 heterocycles. The Morgan fingerprint density at radius 3 is 1.98 bits per heavy atom. The van der Waals surface area contributed by atoms with Crippen LogP contribution in [0.25, 0.3) is 0 Å². The largest absolute Gasteiger partial charge is 0.355 e. The number of piperazine rings is 1. The van der Waals surface area contributed by atoms with Crippen LogP contribution in [0.4, 0.5) is 5.82 Å². The Labute approximate surface area is 253 Å². The van der Waals surface area contributed by atoms with E-state index in [-0.39, 0.29) is 16.5 Å². The van der Waals surface area contributed by atoms with Gasteiger partial charge in [-0.25, -0.2) is 4.98 Å². The molecule has 3 aliphatic heterocycles. The van der Waals surface area contributed by atoms with Gasteiger partial charge in [-0.05, 0) is 123 Å². The molecule has 0 aromatic carbocycles. The summed E-state index contributed by atoms with van der Waals surface area (Å²) in [6.07, 6.45) is 7.15. The summed E-state index contributed by atoms with van der Waals surface area (Å²) in [5, 5.41) is 3.79. The third kappa shape index (κ3) is 8.90. The summed E-state index contributed by atoms with van der Waals surface area (Å²) >= 11 is 0. The van der Waals surface area contributed by atoms with E-state index in [1.807, 2.05) is 0 Å². The predicted molar refractivity (Wildman–Crippen MR) is 176 cm³/mol. The summed E-state index contributed by atoms with van der Waals surface area (Å²) in [6.45, 7) is 36.5. The summed E-state index contributed by atoms with van der Waals surface area (Å²) < 4.78 is 0. The number of nitrogens with one attached hydrogen (secondary N) is 1. The summed E-state index contributed by atoms with van der Waals surface area (Å²) in [5.41, 5.74) is 3.54. The summed E-state index contributed by atoms with van der Waals surface area (Å²) in [4.78, 5) is 15.7. The number of hydrogen-bond donors (Lipinski definition) is 1. The van der Waals surface area contributed by atoms with Crippen molar-refractivity contribution in [3.05, 3.63) is 23.4 Å². The van der Waals surface area contributed by atoms with Crippen molar-refractivity contribution in [2.24, 2.45) is 5.92 Å². The highest BCUT2D eigenvalue weighted by Gasteiger charge is 2.34. The van der Waals surface area contributed by atoms with E-state index in [4.69, 9.17) is 4.98 Å². The lowest BCUT2D eigenvalue weighted by atomic mass is 9.80. The summed E-state index contributed by atoms with van der Waals surface area (Å²) in [6, 6.07) is 2.94. The number of aromatic nitrogens is 1. The number of piperidine rings is 1. The van der Waals surface area contributed by atoms with Gasteiger partial charge in [0, 0.05) is 74.7 Å². The molecule has 0 spiro atoms. The lowest BCUT2D eigenvalue weighted by Gasteiger charge is -2.46. The van der Waals surface area contributed by atoms with Crippen molar-refractivity contribution in [1.29, 1.82) is 0 Å². The van der Waals surface area contributed by atoms with Crippen molar-refractivity contribution in [1.82, 2.24) is 25.0 Å². The molecule has 3 aliphatic rings. The maximum atomic E-state index is 5.06. The SMILES string of the molecule is CC(C)(C)NC1CCN(c2cc(C(C)(C)C)c(CC(C)(C)N3CCN(CC4CCN(C(C)(C)C)CC4)CC3)cn2)C1. The molecule has 1 aromatic rings. The molecule has 0 radical (unpaired) electrons. The van der Waals surface area contributed by atoms with Crippen molar-refractivity contribution in [3.8, 4) is 0 Å². The molecule has 234 valence electrons. The first-order valence-electron chi connectivity index (χ1n) is 16.7. The third-order valence-corrected chi connectivity index (χ3v) is 9.86. The fourth-order valence-corrected chi connectivity index (χ4v) is 7.45. The van der Waals surface area contributed by atoms with E-state index in [0.717, 1.165) is 31.2 Å². The topological polar surface area (TPSA) is 37.9 Å². The minimum atomic E-state index is 0.0904. The first-order chi connectivity index (χ1) is 18.9. The highest BCUT2D eigenvalue weighted by molar-refractivity contribution is 5.47. The third-order valence-electron chi connectivity index (χ3n) is 9.86. The van der Waals surface area contributed by atoms with E-state index in [9.17, 15) is 0 Å². The molecule has 1 unspecified atom stereocenters. The summed E-state index contributed by atoms with van der Waals surface area (Å²) in [5.74, 6) is 2.01. The van der Waals surface area contributed by atoms with Crippen LogP contribution in [-0.2, 0) is 11.8 Å². The Bertz CT molecular complexity index is 981. The average molecular weight is 569 g/mol. The molecule has 6 nitrogen and oxygen atoms in total. The second kappa shape index (κ2) is 12.4. The highest BCUT2D eigenvalue weighted by atomic mass is 15.3. The minimum Gasteiger partial charge on any atom is -0.355 e. The van der Waals surface area contributed by atoms with Gasteiger partial charge in [0.2, 0.25) is 0 Å². The Hall–Kier alpha value is -1.21. The van der Waals surface area contributed by atoms with Crippen LogP contribution in [0.15, 0.2) is 12.3 Å². The molecule has 0 saturated carbocycles. The molecule has 4 rings (SSSR count). The van der Waals surface area contributed by atoms with Gasteiger partial charge in [-0.2, -0.15) is 0 Å². The van der Waals surface area contributed by atoms with Gasteiger partial charge in [-0.15, -0.1) is 0 Å². The van der Waals surface area contributed by atoms with Crippen LogP contribution in [0.1, 0.15) is 107 Å². The van der Waals surface area contributed by atoms with Crippen LogP contribution in [0, 0.1) is 5.92 Å². The molecule has 3 fully saturated rings. The zero-order valence-corrected chi connectivity index (χ0v) is 28.7. The molecule has 6 heteroatoms. The van der Waals surface area contributed by atoms with Crippen LogP contribution >= 0.6 is 0 Å². The zero-order valence-electron chi connectivity index (χ0n) is 28.7. The van der Waals surface area contributed by atoms with Gasteiger partial charge in [-0.3, -0.25) is 9.80 Å². The maximum absolute atomic E-state index is 5.06. The van der Waals surface area contributed by atoms with Crippen molar-refractivity contribution < 1.29 is 0 Å². The van der Waals surface area contributed by atoms with Gasteiger partial charge in [0.25, 0.3) is 0 Å². The second-order valence-electron chi connectivity index (χ2n) is 17.2. The van der Waals surface area contributed by atoms with Gasteiger partial charge in [-0.1, -0.05) is 20.8 Å². The lowest BCUT2D eigenvalue weighted by Crippen LogP contribution is -2.56. The van der Waals surface area contributed by atoms with E-state index < -0.39 is 0 Å². The van der Waals surface area contributed by atoms with Crippen LogP contribution in [0.3, 0.4) is 0 Å². The van der Waals surface area contributed by atoms with E-state index in [0.29, 0.717) is 11.6 Å². The van der Waals surface area contributed by atoms with Gasteiger partial charge in [0.1, 0.15) is 5.82 Å². The smallest absolute Gasteiger partial charge is 0.128 e. The standard InChI is InChI=1S/C35H64N6/c1-32(2,3)30-22-31(39-15-14-29(26-39)37-33(4,5)6)36-24-28(30)23-35(10,11)41-20-18-38(19-21-41)25-27-12-16-40(17-13-27)34(7,8)9/h22,24,27,29,37H,12-21,23,25-26H2,1-11H3. The number of rotatable bonds is 7. The first kappa shape index (κ1) is 32.7. The van der Waals surface area contributed by atoms with Crippen LogP contribution in [0.2, 0.25) is 0 Å². The second-order valence-corrected chi connectivity index (χ2v) is 17.2. The fraction of sp³-hybridized carbons (Fsp3) is 0.857. The van der Waals surface area contributed by atoms with Crippen LogP contribution < -0.4 is 10.2 Å². The number of hydrogen-bond acceptors (Lipinski definition) is 6. The monoisotopic (exact) mass is 569 g/mol. The lowest BCUT2D eigenvalue weighted by molar-refractivity contribution is 0.0320. The van der Waals surface area contributed by atoms with Crippen molar-refractivity contribution in [3.63, 3.8) is 0 Å². The molecule has 0 amide bonds. The zero-order chi connectivity index (χ0) is 30.2. The fourth-order valence-electron chi connectivity index (χ4n) is 7.45. The Morgan fingerprint density at radius 2 is 1.41 bits per heavy atom. The molecule has 1 atom stereocenters. The number of likely N-dealkylation sites (tertiary alicyclic amines) is 1. The van der Waals surface area contributed by atoms with Gasteiger partial charge >= 0.3 is 0 Å². The quantitative estimate of drug-likeness (QED) is 0.449. The Kier molecular flexibility index (Phi) is 9.90. The molecule has 41 heavy (non-hydrogen) atoms. The van der Waals surface area contributed by atoms with Gasteiger partial charge in [0.15, 0.2) is 0 Å². The van der Waals surface area contributed by atoms with E-state index in [1.165, 1.54) is 76.2 Å². The Balaban J connectivity index is 1.34. The molecular weight excluding hydrogens is 504 g/mol. The normalized spacial score (nSPS) is 23.5. The number of pyridine rings is 1. The number of nitrogens with zero attached hydrogens (tertiary/aromatic N) is 5. The van der Waals surface area contributed by atoms with Crippen molar-refractivity contribution >= 4 is 5.82 Å². The summed E-state index contributed by atoms with van der Waals surface area (Å²) in [7, 11) is 0. The number of anilines is 1. The predicted octanol–water partition coefficient (Wildman–Crippen LogP) is 5.80. The molecule has 3 saturated heterocycles. The van der Waals surface area contributed by atoms with E-state index in [1.54, 1.807) is 0 Å². The van der Waals surface area contributed by atoms with Gasteiger partial charge < -0.3 is 15.1 Å². The Morgan fingerprint density at radius 1 is 0.780 bits per heavy atom. The maximum Gasteiger partial charge on any atom is 0.128 e. The highest BCUT2D eigenvalue weighted by Crippen LogP contribution is 2.33. The van der Waals surface area contributed by atoms with Crippen molar-refractivity contribution in [2.75, 3.05) is 63.8 Å². The molecule has 0 bridgehead atoms. The van der Waals surface area contributed by atoms with Gasteiger partial charge in [0.05, 0.1) is 0 Å².